The van der Waals surface area contributed by atoms with Crippen LogP contribution in [0.4, 0.5) is 23.8 Å². The van der Waals surface area contributed by atoms with Crippen LogP contribution in [0.5, 0.6) is 0 Å². The van der Waals surface area contributed by atoms with Crippen molar-refractivity contribution in [2.45, 2.75) is 55.6 Å². The van der Waals surface area contributed by atoms with E-state index in [-0.39, 0.29) is 17.3 Å². The van der Waals surface area contributed by atoms with Crippen molar-refractivity contribution in [3.63, 3.8) is 0 Å². The summed E-state index contributed by atoms with van der Waals surface area (Å²) in [7, 11) is -3.92. The molecule has 15 heteroatoms. The zero-order valence-electron chi connectivity index (χ0n) is 20.8. The van der Waals surface area contributed by atoms with Crippen LogP contribution in [-0.4, -0.2) is 59.6 Å². The summed E-state index contributed by atoms with van der Waals surface area (Å²) in [6.45, 7) is 4.83. The number of hydrogen-bond acceptors (Lipinski definition) is 6. The summed E-state index contributed by atoms with van der Waals surface area (Å²) in [6, 6.07) is 3.65. The summed E-state index contributed by atoms with van der Waals surface area (Å²) in [4.78, 5) is 36.9. The molecule has 10 nitrogen and oxygen atoms in total. The Morgan fingerprint density at radius 2 is 1.92 bits per heavy atom. The monoisotopic (exact) mass is 574 g/mol. The number of carbonyl (C=O) groups excluding carboxylic acids is 1. The van der Waals surface area contributed by atoms with Crippen molar-refractivity contribution in [3.05, 3.63) is 52.2 Å². The van der Waals surface area contributed by atoms with Crippen LogP contribution in [-0.2, 0) is 15.7 Å². The molecule has 0 spiro atoms. The zero-order chi connectivity index (χ0) is 28.3. The van der Waals surface area contributed by atoms with Crippen LogP contribution in [0.25, 0.3) is 0 Å². The summed E-state index contributed by atoms with van der Waals surface area (Å²) in [5.74, 6) is -5.40. The first-order valence-corrected chi connectivity index (χ1v) is 13.6. The zero-order valence-corrected chi connectivity index (χ0v) is 22.4. The lowest BCUT2D eigenvalue weighted by atomic mass is 9.88. The van der Waals surface area contributed by atoms with Crippen molar-refractivity contribution < 1.29 is 32.1 Å². The number of carbonyl (C=O) groups is 2. The van der Waals surface area contributed by atoms with Crippen molar-refractivity contribution in [1.29, 1.82) is 0 Å². The molecule has 1 fully saturated rings. The third-order valence-electron chi connectivity index (χ3n) is 6.96. The first-order valence-electron chi connectivity index (χ1n) is 11.4. The average Bonchev–Trinajstić information content (AvgIpc) is 2.80. The second kappa shape index (κ2) is 9.27. The van der Waals surface area contributed by atoms with Gasteiger partial charge in [0, 0.05) is 12.6 Å². The highest BCUT2D eigenvalue weighted by Gasteiger charge is 2.62. The summed E-state index contributed by atoms with van der Waals surface area (Å²) in [5, 5.41) is 12.8. The molecule has 0 saturated carbocycles. The number of amides is 2. The van der Waals surface area contributed by atoms with Gasteiger partial charge < -0.3 is 10.4 Å². The number of alkyl halides is 2. The van der Waals surface area contributed by atoms with E-state index in [4.69, 9.17) is 11.6 Å². The number of carboxylic acid groups (broad SMARTS) is 1. The topological polar surface area (TPSA) is 146 Å². The van der Waals surface area contributed by atoms with Gasteiger partial charge in [0.15, 0.2) is 0 Å². The van der Waals surface area contributed by atoms with E-state index in [9.17, 15) is 27.7 Å². The van der Waals surface area contributed by atoms with Gasteiger partial charge in [-0.15, -0.1) is 0 Å². The highest BCUT2D eigenvalue weighted by Crippen LogP contribution is 2.50. The maximum atomic E-state index is 15.3. The number of amidine groups is 1. The van der Waals surface area contributed by atoms with Crippen molar-refractivity contribution in [2.75, 3.05) is 11.9 Å². The van der Waals surface area contributed by atoms with Crippen molar-refractivity contribution in [2.24, 2.45) is 4.99 Å². The van der Waals surface area contributed by atoms with E-state index in [2.05, 4.69) is 30.3 Å². The molecule has 2 aromatic heterocycles. The summed E-state index contributed by atoms with van der Waals surface area (Å²) in [6.07, 6.45) is -1.16. The van der Waals surface area contributed by atoms with Crippen LogP contribution in [0.3, 0.4) is 0 Å². The number of thiol groups is 1. The standard InChI is InChI=1S/C23H26ClF3N6O4S/c1-11-7-12(24)9-28-16(11)18(34)31-15-6-5-13(25)17(30-15)22(4)14-8-23(26,27)10-29-38(14,37)21(2,3)19(33-22)32-20(35)36/h5-7,9,14,38H,8,10H2,1-4H3,(H,29,37)(H,32,33)(H,35,36)(H,30,31,34)/t14-,22+/m1/s1. The molecule has 38 heavy (non-hydrogen) atoms. The number of nitrogens with one attached hydrogen (secondary N) is 3. The number of pyridine rings is 2. The van der Waals surface area contributed by atoms with Gasteiger partial charge in [-0.25, -0.2) is 27.9 Å². The Hall–Kier alpha value is -3.10. The Labute approximate surface area is 222 Å². The molecule has 0 unspecified atom stereocenters. The van der Waals surface area contributed by atoms with Crippen LogP contribution in [0.1, 0.15) is 48.9 Å². The van der Waals surface area contributed by atoms with Gasteiger partial charge in [-0.1, -0.05) is 11.6 Å². The van der Waals surface area contributed by atoms with E-state index in [1.807, 2.05) is 0 Å². The largest absolute Gasteiger partial charge is 0.465 e. The average molecular weight is 575 g/mol. The van der Waals surface area contributed by atoms with Crippen LogP contribution in [0.15, 0.2) is 29.4 Å². The lowest BCUT2D eigenvalue weighted by molar-refractivity contribution is -0.0139. The third-order valence-corrected chi connectivity index (χ3v) is 11.2. The Balaban J connectivity index is 1.85. The summed E-state index contributed by atoms with van der Waals surface area (Å²) >= 11 is 5.89. The maximum Gasteiger partial charge on any atom is 0.410 e. The molecule has 0 bridgehead atoms. The second-order valence-electron chi connectivity index (χ2n) is 9.97. The third kappa shape index (κ3) is 4.64. The van der Waals surface area contributed by atoms with Gasteiger partial charge in [0.05, 0.1) is 21.6 Å². The highest BCUT2D eigenvalue weighted by molar-refractivity contribution is 8.04. The molecule has 2 amide bonds. The first kappa shape index (κ1) is 27.9. The van der Waals surface area contributed by atoms with Gasteiger partial charge >= 0.3 is 6.09 Å². The number of rotatable bonds is 3. The van der Waals surface area contributed by atoms with Crippen molar-refractivity contribution in [3.8, 4) is 0 Å². The number of hydrogen-bond donors (Lipinski definition) is 5. The molecular formula is C23H26ClF3N6O4S. The van der Waals surface area contributed by atoms with Crippen molar-refractivity contribution >= 4 is 45.4 Å². The SMILES string of the molecule is Cc1cc(Cl)cnc1C(=O)Nc1ccc(F)c([C@@]2(C)N=C(NC(=O)O)C(C)(C)[SH]3(=O)NCC(F)(F)C[C@H]23)n1. The quantitative estimate of drug-likeness (QED) is 0.355. The number of aryl methyl sites for hydroxylation is 1. The fourth-order valence-corrected chi connectivity index (χ4v) is 8.79. The van der Waals surface area contributed by atoms with E-state index < -0.39 is 68.1 Å². The molecule has 0 aliphatic carbocycles. The summed E-state index contributed by atoms with van der Waals surface area (Å²) < 4.78 is 59.9. The van der Waals surface area contributed by atoms with Crippen LogP contribution in [0, 0.1) is 12.7 Å². The van der Waals surface area contributed by atoms with Gasteiger partial charge in [0.2, 0.25) is 0 Å². The molecule has 4 N–H and O–H groups in total. The van der Waals surface area contributed by atoms with E-state index in [1.165, 1.54) is 33.0 Å². The number of nitrogens with zero attached hydrogens (tertiary/aromatic N) is 3. The Bertz CT molecular complexity index is 1420. The van der Waals surface area contributed by atoms with E-state index in [0.717, 1.165) is 12.1 Å². The predicted octanol–water partition coefficient (Wildman–Crippen LogP) is 3.43. The first-order chi connectivity index (χ1) is 17.5. The van der Waals surface area contributed by atoms with Gasteiger partial charge in [-0.2, -0.15) is 0 Å². The van der Waals surface area contributed by atoms with Crippen LogP contribution < -0.4 is 15.4 Å². The highest BCUT2D eigenvalue weighted by atomic mass is 35.5. The molecule has 0 radical (unpaired) electrons. The fourth-order valence-electron chi connectivity index (χ4n) is 4.88. The minimum Gasteiger partial charge on any atom is -0.465 e. The molecule has 4 rings (SSSR count). The number of fused-ring (bicyclic) bond motifs is 1. The van der Waals surface area contributed by atoms with E-state index in [0.29, 0.717) is 10.6 Å². The molecule has 1 saturated heterocycles. The molecule has 206 valence electrons. The molecule has 2 aliphatic rings. The van der Waals surface area contributed by atoms with E-state index in [1.54, 1.807) is 6.92 Å². The maximum absolute atomic E-state index is 15.3. The lowest BCUT2D eigenvalue weighted by Gasteiger charge is -2.57. The summed E-state index contributed by atoms with van der Waals surface area (Å²) in [5.41, 5.74) is -2.00. The van der Waals surface area contributed by atoms with Crippen molar-refractivity contribution in [1.82, 2.24) is 20.0 Å². The molecule has 2 aromatic rings. The Kier molecular flexibility index (Phi) is 6.81. The molecule has 4 heterocycles. The lowest BCUT2D eigenvalue weighted by Crippen LogP contribution is -2.73. The number of aliphatic imine (C=N–C) groups is 1. The molecule has 2 atom stereocenters. The van der Waals surface area contributed by atoms with Crippen LogP contribution >= 0.6 is 11.6 Å². The fraction of sp³-hybridized carbons (Fsp3) is 0.435. The van der Waals surface area contributed by atoms with Crippen LogP contribution in [0.2, 0.25) is 5.02 Å². The minimum atomic E-state index is -3.92. The van der Waals surface area contributed by atoms with E-state index >= 15 is 4.39 Å². The smallest absolute Gasteiger partial charge is 0.410 e. The van der Waals surface area contributed by atoms with Gasteiger partial charge in [-0.05, 0) is 61.6 Å². The number of aromatic nitrogens is 2. The predicted molar refractivity (Wildman–Crippen MR) is 137 cm³/mol. The molecule has 2 aliphatic heterocycles. The van der Waals surface area contributed by atoms with Gasteiger partial charge in [-0.3, -0.25) is 24.0 Å². The minimum absolute atomic E-state index is 0.0271. The van der Waals surface area contributed by atoms with Gasteiger partial charge in [0.1, 0.15) is 34.4 Å². The molecule has 0 aromatic carbocycles. The number of halogens is 4. The number of anilines is 1. The normalized spacial score (nSPS) is 25.9. The Morgan fingerprint density at radius 3 is 2.55 bits per heavy atom. The second-order valence-corrected chi connectivity index (χ2v) is 13.8. The molecular weight excluding hydrogens is 549 g/mol. The Morgan fingerprint density at radius 1 is 1.24 bits per heavy atom. The van der Waals surface area contributed by atoms with Gasteiger partial charge in [0.25, 0.3) is 11.8 Å².